The molecule has 140 valence electrons. The number of anilines is 2. The third-order valence-corrected chi connectivity index (χ3v) is 4.74. The fourth-order valence-electron chi connectivity index (χ4n) is 3.18. The van der Waals surface area contributed by atoms with Gasteiger partial charge in [-0.1, -0.05) is 6.07 Å². The molecule has 2 aromatic carbocycles. The highest BCUT2D eigenvalue weighted by molar-refractivity contribution is 6.19. The smallest absolute Gasteiger partial charge is 0.280 e. The minimum Gasteiger partial charge on any atom is -0.486 e. The number of carbonyl (C=O) groups excluding carboxylic acids is 2. The molecule has 27 heavy (non-hydrogen) atoms. The van der Waals surface area contributed by atoms with Crippen LogP contribution < -0.4 is 24.4 Å². The molecule has 0 aliphatic carbocycles. The van der Waals surface area contributed by atoms with E-state index in [1.807, 2.05) is 19.1 Å². The zero-order valence-electron chi connectivity index (χ0n) is 15.4. The minimum absolute atomic E-state index is 0.435. The summed E-state index contributed by atoms with van der Waals surface area (Å²) >= 11 is 0. The zero-order valence-corrected chi connectivity index (χ0v) is 15.4. The fourth-order valence-corrected chi connectivity index (χ4v) is 3.18. The Bertz CT molecular complexity index is 942. The fraction of sp³-hybridized carbons (Fsp3) is 0.300. The average Bonchev–Trinajstić information content (AvgIpc) is 2.67. The molecule has 0 radical (unpaired) electrons. The van der Waals surface area contributed by atoms with Crippen molar-refractivity contribution in [1.29, 1.82) is 0 Å². The van der Waals surface area contributed by atoms with E-state index in [0.29, 0.717) is 41.8 Å². The number of rotatable bonds is 2. The monoisotopic (exact) mass is 368 g/mol. The highest BCUT2D eigenvalue weighted by atomic mass is 16.6. The van der Waals surface area contributed by atoms with E-state index in [1.54, 1.807) is 31.3 Å². The third-order valence-electron chi connectivity index (χ3n) is 4.74. The van der Waals surface area contributed by atoms with Gasteiger partial charge in [-0.2, -0.15) is 0 Å². The Morgan fingerprint density at radius 2 is 1.78 bits per heavy atom. The number of aryl methyl sites for hydroxylation is 1. The van der Waals surface area contributed by atoms with Gasteiger partial charge in [0.15, 0.2) is 11.5 Å². The Labute approximate surface area is 156 Å². The molecule has 0 spiro atoms. The van der Waals surface area contributed by atoms with Crippen LogP contribution in [0.4, 0.5) is 11.4 Å². The van der Waals surface area contributed by atoms with Crippen LogP contribution in [0.3, 0.4) is 0 Å². The molecule has 1 atom stereocenters. The number of benzene rings is 2. The summed E-state index contributed by atoms with van der Waals surface area (Å²) in [5, 5.41) is 2.75. The summed E-state index contributed by atoms with van der Waals surface area (Å²) in [6, 6.07) is 10.6. The maximum absolute atomic E-state index is 12.9. The lowest BCUT2D eigenvalue weighted by Crippen LogP contribution is -2.59. The maximum Gasteiger partial charge on any atom is 0.280 e. The first-order chi connectivity index (χ1) is 12.9. The van der Waals surface area contributed by atoms with Gasteiger partial charge in [0.1, 0.15) is 19.0 Å². The number of hydrogen-bond acceptors (Lipinski definition) is 5. The summed E-state index contributed by atoms with van der Waals surface area (Å²) in [7, 11) is 1.64. The van der Waals surface area contributed by atoms with Crippen molar-refractivity contribution in [3.8, 4) is 17.2 Å². The van der Waals surface area contributed by atoms with Crippen molar-refractivity contribution in [2.45, 2.75) is 19.4 Å². The van der Waals surface area contributed by atoms with Crippen LogP contribution in [0.5, 0.6) is 17.2 Å². The summed E-state index contributed by atoms with van der Waals surface area (Å²) in [5.74, 6) is 0.679. The number of ether oxygens (including phenoxy) is 3. The average molecular weight is 368 g/mol. The topological polar surface area (TPSA) is 77.1 Å². The van der Waals surface area contributed by atoms with Crippen LogP contribution in [0.25, 0.3) is 0 Å². The minimum atomic E-state index is -1.68. The van der Waals surface area contributed by atoms with E-state index >= 15 is 0 Å². The van der Waals surface area contributed by atoms with E-state index in [-0.39, 0.29) is 0 Å². The van der Waals surface area contributed by atoms with Gasteiger partial charge in [-0.3, -0.25) is 9.59 Å². The highest BCUT2D eigenvalue weighted by Gasteiger charge is 2.49. The van der Waals surface area contributed by atoms with Crippen molar-refractivity contribution >= 4 is 23.2 Å². The van der Waals surface area contributed by atoms with E-state index in [2.05, 4.69) is 5.32 Å². The van der Waals surface area contributed by atoms with E-state index < -0.39 is 17.4 Å². The third kappa shape index (κ3) is 2.85. The first-order valence-electron chi connectivity index (χ1n) is 8.67. The number of nitrogens with zero attached hydrogens (tertiary/aromatic N) is 1. The lowest BCUT2D eigenvalue weighted by molar-refractivity contribution is -0.144. The molecule has 2 amide bonds. The van der Waals surface area contributed by atoms with Crippen molar-refractivity contribution in [1.82, 2.24) is 0 Å². The second-order valence-corrected chi connectivity index (χ2v) is 6.78. The molecule has 2 aliphatic heterocycles. The molecule has 7 heteroatoms. The molecule has 1 unspecified atom stereocenters. The Hall–Kier alpha value is -3.22. The second kappa shape index (κ2) is 6.19. The Balaban J connectivity index is 1.61. The van der Waals surface area contributed by atoms with Gasteiger partial charge in [0.05, 0.1) is 5.69 Å². The number of fused-ring (bicyclic) bond motifs is 2. The van der Waals surface area contributed by atoms with Gasteiger partial charge >= 0.3 is 0 Å². The summed E-state index contributed by atoms with van der Waals surface area (Å²) in [5.41, 5.74) is 0.467. The van der Waals surface area contributed by atoms with Crippen LogP contribution >= 0.6 is 0 Å². The molecular formula is C20H20N2O5. The molecule has 2 heterocycles. The second-order valence-electron chi connectivity index (χ2n) is 6.78. The predicted molar refractivity (Wildman–Crippen MR) is 99.7 cm³/mol. The summed E-state index contributed by atoms with van der Waals surface area (Å²) in [6.07, 6.45) is 0. The van der Waals surface area contributed by atoms with E-state index in [0.717, 1.165) is 5.56 Å². The van der Waals surface area contributed by atoms with Gasteiger partial charge in [0.2, 0.25) is 0 Å². The quantitative estimate of drug-likeness (QED) is 0.825. The molecule has 2 aromatic rings. The number of carbonyl (C=O) groups is 2. The van der Waals surface area contributed by atoms with Gasteiger partial charge in [-0.05, 0) is 43.7 Å². The van der Waals surface area contributed by atoms with Crippen molar-refractivity contribution in [2.75, 3.05) is 30.5 Å². The zero-order chi connectivity index (χ0) is 19.2. The van der Waals surface area contributed by atoms with Crippen LogP contribution in [0.15, 0.2) is 36.4 Å². The Kier molecular flexibility index (Phi) is 3.95. The van der Waals surface area contributed by atoms with Crippen molar-refractivity contribution < 1.29 is 23.8 Å². The molecule has 0 saturated carbocycles. The highest BCUT2D eigenvalue weighted by Crippen LogP contribution is 2.38. The molecule has 4 rings (SSSR count). The first-order valence-corrected chi connectivity index (χ1v) is 8.67. The van der Waals surface area contributed by atoms with Crippen LogP contribution in [0.1, 0.15) is 12.5 Å². The SMILES string of the molecule is Cc1ccc2c(c1)N(C)C(=O)C(C)(C(=O)Nc1ccc3c(c1)OCCO3)O2. The Morgan fingerprint density at radius 3 is 2.56 bits per heavy atom. The van der Waals surface area contributed by atoms with Gasteiger partial charge in [-0.25, -0.2) is 0 Å². The molecule has 1 N–H and O–H groups in total. The molecular weight excluding hydrogens is 348 g/mol. The number of likely N-dealkylation sites (N-methyl/N-ethyl adjacent to an activating group) is 1. The van der Waals surface area contributed by atoms with Crippen LogP contribution in [-0.4, -0.2) is 37.7 Å². The summed E-state index contributed by atoms with van der Waals surface area (Å²) in [4.78, 5) is 27.3. The maximum atomic E-state index is 12.9. The van der Waals surface area contributed by atoms with Crippen LogP contribution in [-0.2, 0) is 9.59 Å². The number of nitrogens with one attached hydrogen (secondary N) is 1. The number of hydrogen-bond donors (Lipinski definition) is 1. The Morgan fingerprint density at radius 1 is 1.07 bits per heavy atom. The normalized spacial score (nSPS) is 20.6. The van der Waals surface area contributed by atoms with E-state index in [4.69, 9.17) is 14.2 Å². The molecule has 0 saturated heterocycles. The van der Waals surface area contributed by atoms with Gasteiger partial charge in [0.25, 0.3) is 17.4 Å². The molecule has 7 nitrogen and oxygen atoms in total. The van der Waals surface area contributed by atoms with Crippen molar-refractivity contribution in [3.05, 3.63) is 42.0 Å². The lowest BCUT2D eigenvalue weighted by atomic mass is 9.99. The standard InChI is InChI=1S/C20H20N2O5/c1-12-4-6-15-14(10-12)22(3)19(24)20(2,27-15)18(23)21-13-5-7-16-17(11-13)26-9-8-25-16/h4-7,10-11H,8-9H2,1-3H3,(H,21,23). The predicted octanol–water partition coefficient (Wildman–Crippen LogP) is 2.52. The van der Waals surface area contributed by atoms with E-state index in [9.17, 15) is 9.59 Å². The molecule has 0 aromatic heterocycles. The van der Waals surface area contributed by atoms with E-state index in [1.165, 1.54) is 11.8 Å². The van der Waals surface area contributed by atoms with Crippen molar-refractivity contribution in [3.63, 3.8) is 0 Å². The van der Waals surface area contributed by atoms with Crippen molar-refractivity contribution in [2.24, 2.45) is 0 Å². The largest absolute Gasteiger partial charge is 0.486 e. The van der Waals surface area contributed by atoms with Crippen LogP contribution in [0.2, 0.25) is 0 Å². The lowest BCUT2D eigenvalue weighted by Gasteiger charge is -2.38. The number of amides is 2. The first kappa shape index (κ1) is 17.2. The summed E-state index contributed by atoms with van der Waals surface area (Å²) < 4.78 is 16.9. The van der Waals surface area contributed by atoms with Gasteiger partial charge < -0.3 is 24.4 Å². The molecule has 2 aliphatic rings. The van der Waals surface area contributed by atoms with Gasteiger partial charge in [0, 0.05) is 18.8 Å². The molecule has 0 fully saturated rings. The van der Waals surface area contributed by atoms with Gasteiger partial charge in [-0.15, -0.1) is 0 Å². The summed E-state index contributed by atoms with van der Waals surface area (Å²) in [6.45, 7) is 4.35. The molecule has 0 bridgehead atoms. The van der Waals surface area contributed by atoms with Crippen LogP contribution in [0, 0.1) is 6.92 Å².